The summed E-state index contributed by atoms with van der Waals surface area (Å²) in [6.45, 7) is 6.16. The summed E-state index contributed by atoms with van der Waals surface area (Å²) < 4.78 is 23.0. The number of aryl methyl sites for hydroxylation is 2. The molecule has 0 unspecified atom stereocenters. The van der Waals surface area contributed by atoms with Crippen molar-refractivity contribution in [2.45, 2.75) is 45.3 Å². The molecule has 3 aliphatic rings. The minimum absolute atomic E-state index is 0.0351. The molecule has 0 radical (unpaired) electrons. The zero-order valence-electron chi connectivity index (χ0n) is 22.9. The smallest absolute Gasteiger partial charge is 0.254 e. The Labute approximate surface area is 238 Å². The minimum atomic E-state index is -0.228. The summed E-state index contributed by atoms with van der Waals surface area (Å²) in [4.78, 5) is 32.5. The average molecular weight is 563 g/mol. The van der Waals surface area contributed by atoms with Crippen LogP contribution in [0.5, 0.6) is 17.2 Å². The number of nitrogens with zero attached hydrogens (tertiary/aromatic N) is 2. The van der Waals surface area contributed by atoms with Gasteiger partial charge in [-0.1, -0.05) is 17.7 Å². The molecule has 3 aromatic rings. The lowest BCUT2D eigenvalue weighted by molar-refractivity contribution is -0.135. The van der Waals surface area contributed by atoms with Gasteiger partial charge in [0.1, 0.15) is 18.9 Å². The molecule has 1 saturated heterocycles. The van der Waals surface area contributed by atoms with Crippen LogP contribution in [0.1, 0.15) is 50.8 Å². The van der Waals surface area contributed by atoms with Crippen LogP contribution in [-0.2, 0) is 16.0 Å². The summed E-state index contributed by atoms with van der Waals surface area (Å²) in [5.41, 5.74) is 3.83. The van der Waals surface area contributed by atoms with E-state index in [9.17, 15) is 9.59 Å². The number of thiophene rings is 1. The number of hydrogen-bond donors (Lipinski definition) is 0. The molecule has 0 N–H and O–H groups in total. The standard InChI is InChI=1S/C31H34N2O6S/c1-20-5-7-26(21(2)14-20)37-18-25-24-10-13-40-29(24)9-11-33(25)30(34)17-32(16-23-4-3-12-36-23)31(35)22-6-8-27-28(15-22)39-19-38-27/h5-8,10,13-15,23,25H,3-4,9,11-12,16-19H2,1-2H3/t23-,25+/m1/s1. The van der Waals surface area contributed by atoms with Crippen molar-refractivity contribution in [3.8, 4) is 17.2 Å². The van der Waals surface area contributed by atoms with Crippen molar-refractivity contribution in [2.24, 2.45) is 0 Å². The molecule has 0 bridgehead atoms. The van der Waals surface area contributed by atoms with Crippen LogP contribution in [0.2, 0.25) is 0 Å². The molecule has 8 nitrogen and oxygen atoms in total. The van der Waals surface area contributed by atoms with Crippen molar-refractivity contribution < 1.29 is 28.5 Å². The first kappa shape index (κ1) is 26.7. The lowest BCUT2D eigenvalue weighted by atomic mass is 10.00. The van der Waals surface area contributed by atoms with Crippen LogP contribution < -0.4 is 14.2 Å². The van der Waals surface area contributed by atoms with Crippen LogP contribution in [-0.4, -0.2) is 67.4 Å². The highest BCUT2D eigenvalue weighted by atomic mass is 32.1. The van der Waals surface area contributed by atoms with Crippen LogP contribution in [0.15, 0.2) is 47.8 Å². The van der Waals surface area contributed by atoms with Gasteiger partial charge in [0, 0.05) is 30.1 Å². The normalized spacial score (nSPS) is 19.4. The summed E-state index contributed by atoms with van der Waals surface area (Å²) >= 11 is 1.72. The van der Waals surface area contributed by atoms with E-state index in [-0.39, 0.29) is 37.3 Å². The Bertz CT molecular complexity index is 1400. The quantitative estimate of drug-likeness (QED) is 0.388. The molecule has 0 spiro atoms. The summed E-state index contributed by atoms with van der Waals surface area (Å²) in [5, 5.41) is 2.08. The first-order valence-electron chi connectivity index (χ1n) is 13.8. The van der Waals surface area contributed by atoms with Crippen molar-refractivity contribution in [1.82, 2.24) is 9.80 Å². The third kappa shape index (κ3) is 5.53. The van der Waals surface area contributed by atoms with Crippen LogP contribution in [0.4, 0.5) is 0 Å². The monoisotopic (exact) mass is 562 g/mol. The predicted molar refractivity (Wildman–Crippen MR) is 151 cm³/mol. The molecular weight excluding hydrogens is 528 g/mol. The molecular formula is C31H34N2O6S. The lowest BCUT2D eigenvalue weighted by Gasteiger charge is -2.37. The highest BCUT2D eigenvalue weighted by Crippen LogP contribution is 2.35. The number of benzene rings is 2. The first-order valence-corrected chi connectivity index (χ1v) is 14.7. The fourth-order valence-corrected chi connectivity index (χ4v) is 6.65. The van der Waals surface area contributed by atoms with Gasteiger partial charge in [0.05, 0.1) is 12.1 Å². The van der Waals surface area contributed by atoms with E-state index >= 15 is 0 Å². The lowest BCUT2D eigenvalue weighted by Crippen LogP contribution is -2.49. The van der Waals surface area contributed by atoms with Gasteiger partial charge in [0.2, 0.25) is 12.7 Å². The Kier molecular flexibility index (Phi) is 7.67. The third-order valence-corrected chi connectivity index (χ3v) is 8.82. The highest BCUT2D eigenvalue weighted by molar-refractivity contribution is 7.10. The number of carbonyl (C=O) groups excluding carboxylic acids is 2. The highest BCUT2D eigenvalue weighted by Gasteiger charge is 2.35. The first-order chi connectivity index (χ1) is 19.5. The molecule has 1 fully saturated rings. The molecule has 3 aliphatic heterocycles. The van der Waals surface area contributed by atoms with Gasteiger partial charge in [-0.25, -0.2) is 0 Å². The number of amides is 2. The summed E-state index contributed by atoms with van der Waals surface area (Å²) in [6, 6.07) is 13.1. The van der Waals surface area contributed by atoms with Gasteiger partial charge in [0.25, 0.3) is 5.91 Å². The van der Waals surface area contributed by atoms with Crippen LogP contribution >= 0.6 is 11.3 Å². The van der Waals surface area contributed by atoms with Crippen LogP contribution in [0, 0.1) is 13.8 Å². The van der Waals surface area contributed by atoms with E-state index in [1.54, 1.807) is 34.4 Å². The second-order valence-corrected chi connectivity index (χ2v) is 11.6. The van der Waals surface area contributed by atoms with Gasteiger partial charge < -0.3 is 28.7 Å². The second kappa shape index (κ2) is 11.5. The van der Waals surface area contributed by atoms with Gasteiger partial charge in [-0.3, -0.25) is 9.59 Å². The molecule has 0 saturated carbocycles. The summed E-state index contributed by atoms with van der Waals surface area (Å²) in [6.07, 6.45) is 2.53. The molecule has 2 amide bonds. The Morgan fingerprint density at radius 2 is 1.98 bits per heavy atom. The number of fused-ring (bicyclic) bond motifs is 2. The van der Waals surface area contributed by atoms with Crippen LogP contribution in [0.3, 0.4) is 0 Å². The largest absolute Gasteiger partial charge is 0.491 e. The number of carbonyl (C=O) groups is 2. The average Bonchev–Trinajstić information content (AvgIpc) is 3.73. The van der Waals surface area contributed by atoms with Crippen molar-refractivity contribution in [3.63, 3.8) is 0 Å². The molecule has 0 aliphatic carbocycles. The fourth-order valence-electron chi connectivity index (χ4n) is 5.72. The maximum Gasteiger partial charge on any atom is 0.254 e. The van der Waals surface area contributed by atoms with E-state index in [0.717, 1.165) is 36.1 Å². The Morgan fingerprint density at radius 1 is 1.10 bits per heavy atom. The molecule has 1 aromatic heterocycles. The maximum absolute atomic E-state index is 14.0. The fraction of sp³-hybridized carbons (Fsp3) is 0.419. The Hall–Kier alpha value is -3.56. The molecule has 4 heterocycles. The van der Waals surface area contributed by atoms with Gasteiger partial charge in [0.15, 0.2) is 11.5 Å². The second-order valence-electron chi connectivity index (χ2n) is 10.6. The van der Waals surface area contributed by atoms with E-state index < -0.39 is 0 Å². The molecule has 40 heavy (non-hydrogen) atoms. The van der Waals surface area contributed by atoms with Crippen molar-refractivity contribution >= 4 is 23.2 Å². The van der Waals surface area contributed by atoms with Crippen LogP contribution in [0.25, 0.3) is 0 Å². The Balaban J connectivity index is 1.22. The molecule has 2 aromatic carbocycles. The van der Waals surface area contributed by atoms with E-state index in [2.05, 4.69) is 24.4 Å². The molecule has 6 rings (SSSR count). The van der Waals surface area contributed by atoms with E-state index in [0.29, 0.717) is 43.4 Å². The zero-order valence-corrected chi connectivity index (χ0v) is 23.7. The van der Waals surface area contributed by atoms with E-state index in [1.165, 1.54) is 10.4 Å². The van der Waals surface area contributed by atoms with Gasteiger partial charge in [-0.2, -0.15) is 0 Å². The molecule has 210 valence electrons. The third-order valence-electron chi connectivity index (χ3n) is 7.82. The number of rotatable bonds is 8. The molecule has 2 atom stereocenters. The predicted octanol–water partition coefficient (Wildman–Crippen LogP) is 4.92. The van der Waals surface area contributed by atoms with Gasteiger partial charge >= 0.3 is 0 Å². The summed E-state index contributed by atoms with van der Waals surface area (Å²) in [7, 11) is 0. The van der Waals surface area contributed by atoms with Crippen molar-refractivity contribution in [1.29, 1.82) is 0 Å². The Morgan fingerprint density at radius 3 is 2.80 bits per heavy atom. The van der Waals surface area contributed by atoms with E-state index in [4.69, 9.17) is 18.9 Å². The number of ether oxygens (including phenoxy) is 4. The van der Waals surface area contributed by atoms with E-state index in [1.807, 2.05) is 24.0 Å². The van der Waals surface area contributed by atoms with Gasteiger partial charge in [-0.15, -0.1) is 11.3 Å². The minimum Gasteiger partial charge on any atom is -0.491 e. The number of hydrogen-bond acceptors (Lipinski definition) is 7. The van der Waals surface area contributed by atoms with Crippen molar-refractivity contribution in [3.05, 3.63) is 75.0 Å². The molecule has 9 heteroatoms. The zero-order chi connectivity index (χ0) is 27.6. The topological polar surface area (TPSA) is 77.5 Å². The van der Waals surface area contributed by atoms with Crippen molar-refractivity contribution in [2.75, 3.05) is 39.6 Å². The SMILES string of the molecule is Cc1ccc(OC[C@H]2c3ccsc3CCN2C(=O)CN(C[C@H]2CCCO2)C(=O)c2ccc3c(c2)OCO3)c(C)c1. The van der Waals surface area contributed by atoms with Gasteiger partial charge in [-0.05, 0) is 79.9 Å². The summed E-state index contributed by atoms with van der Waals surface area (Å²) in [5.74, 6) is 1.65. The maximum atomic E-state index is 14.0.